The van der Waals surface area contributed by atoms with Gasteiger partial charge in [-0.25, -0.2) is 14.4 Å². The molecule has 1 aromatic heterocycles. The third-order valence-electron chi connectivity index (χ3n) is 4.47. The highest BCUT2D eigenvalue weighted by Gasteiger charge is 2.18. The number of hydrogen-bond acceptors (Lipinski definition) is 4. The Kier molecular flexibility index (Phi) is 8.75. The van der Waals surface area contributed by atoms with Crippen molar-refractivity contribution in [3.8, 4) is 5.88 Å². The summed E-state index contributed by atoms with van der Waals surface area (Å²) < 4.78 is 18.5. The first kappa shape index (κ1) is 22.2. The Bertz CT molecular complexity index is 746. The van der Waals surface area contributed by atoms with Crippen LogP contribution in [0.5, 0.6) is 5.88 Å². The molecule has 6 nitrogen and oxygen atoms in total. The molecule has 0 unspecified atom stereocenters. The monoisotopic (exact) mass is 499 g/mol. The van der Waals surface area contributed by atoms with Crippen LogP contribution in [0.1, 0.15) is 18.9 Å². The molecule has 1 aromatic carbocycles. The highest BCUT2D eigenvalue weighted by molar-refractivity contribution is 14.0. The van der Waals surface area contributed by atoms with Gasteiger partial charge in [0.05, 0.1) is 13.2 Å². The standard InChI is InChI=1S/C20H26FN5O.HI/c1-2-13-27-19-8-3-16(14-23-19)15-24-20(22)26-11-9-25(10-12-26)18-6-4-17(21)5-7-18;/h3-8,14H,2,9-13,15H2,1H3,(H2,22,24);1H. The van der Waals surface area contributed by atoms with Gasteiger partial charge in [0.2, 0.25) is 5.88 Å². The number of rotatable bonds is 6. The van der Waals surface area contributed by atoms with Crippen molar-refractivity contribution in [2.75, 3.05) is 37.7 Å². The van der Waals surface area contributed by atoms with Crippen molar-refractivity contribution < 1.29 is 9.13 Å². The Hall–Kier alpha value is -2.10. The molecule has 3 rings (SSSR count). The normalized spacial score (nSPS) is 14.6. The summed E-state index contributed by atoms with van der Waals surface area (Å²) in [5.41, 5.74) is 8.18. The number of hydrogen-bond donors (Lipinski definition) is 1. The third-order valence-corrected chi connectivity index (χ3v) is 4.47. The topological polar surface area (TPSA) is 67.0 Å². The summed E-state index contributed by atoms with van der Waals surface area (Å²) in [6.07, 6.45) is 2.73. The van der Waals surface area contributed by atoms with E-state index < -0.39 is 0 Å². The van der Waals surface area contributed by atoms with Gasteiger partial charge < -0.3 is 20.3 Å². The van der Waals surface area contributed by atoms with Gasteiger partial charge in [0, 0.05) is 44.1 Å². The quantitative estimate of drug-likeness (QED) is 0.376. The summed E-state index contributed by atoms with van der Waals surface area (Å²) in [5, 5.41) is 0. The molecule has 2 heterocycles. The van der Waals surface area contributed by atoms with E-state index >= 15 is 0 Å². The smallest absolute Gasteiger partial charge is 0.213 e. The van der Waals surface area contributed by atoms with Crippen molar-refractivity contribution in [2.24, 2.45) is 10.7 Å². The number of nitrogens with zero attached hydrogens (tertiary/aromatic N) is 4. The second-order valence-corrected chi connectivity index (χ2v) is 6.48. The lowest BCUT2D eigenvalue weighted by atomic mass is 10.2. The van der Waals surface area contributed by atoms with E-state index in [2.05, 4.69) is 26.7 Å². The average molecular weight is 499 g/mol. The summed E-state index contributed by atoms with van der Waals surface area (Å²) in [7, 11) is 0. The molecule has 0 spiro atoms. The largest absolute Gasteiger partial charge is 0.478 e. The van der Waals surface area contributed by atoms with Gasteiger partial charge in [-0.15, -0.1) is 24.0 Å². The van der Waals surface area contributed by atoms with E-state index in [4.69, 9.17) is 10.5 Å². The number of nitrogens with two attached hydrogens (primary N) is 1. The summed E-state index contributed by atoms with van der Waals surface area (Å²) in [5.74, 6) is 0.961. The Morgan fingerprint density at radius 1 is 1.14 bits per heavy atom. The zero-order valence-corrected chi connectivity index (χ0v) is 18.4. The first-order chi connectivity index (χ1) is 13.2. The van der Waals surface area contributed by atoms with Crippen LogP contribution in [0.4, 0.5) is 10.1 Å². The molecule has 2 aromatic rings. The van der Waals surface area contributed by atoms with Crippen molar-refractivity contribution in [2.45, 2.75) is 19.9 Å². The SMILES string of the molecule is CCCOc1ccc(CN=C(N)N2CCN(c3ccc(F)cc3)CC2)cn1.I. The zero-order chi connectivity index (χ0) is 19.1. The lowest BCUT2D eigenvalue weighted by Gasteiger charge is -2.36. The van der Waals surface area contributed by atoms with Crippen molar-refractivity contribution in [3.63, 3.8) is 0 Å². The minimum Gasteiger partial charge on any atom is -0.478 e. The molecule has 0 saturated carbocycles. The Balaban J connectivity index is 0.00000280. The van der Waals surface area contributed by atoms with Crippen molar-refractivity contribution in [3.05, 3.63) is 54.0 Å². The average Bonchev–Trinajstić information content (AvgIpc) is 2.72. The summed E-state index contributed by atoms with van der Waals surface area (Å²) in [6.45, 7) is 6.45. The van der Waals surface area contributed by atoms with Gasteiger partial charge in [0.1, 0.15) is 5.82 Å². The first-order valence-electron chi connectivity index (χ1n) is 9.29. The van der Waals surface area contributed by atoms with Crippen LogP contribution in [0.2, 0.25) is 0 Å². The van der Waals surface area contributed by atoms with E-state index in [1.54, 1.807) is 6.20 Å². The van der Waals surface area contributed by atoms with Crippen LogP contribution in [0.25, 0.3) is 0 Å². The van der Waals surface area contributed by atoms with Gasteiger partial charge >= 0.3 is 0 Å². The lowest BCUT2D eigenvalue weighted by Crippen LogP contribution is -2.51. The fourth-order valence-corrected chi connectivity index (χ4v) is 2.91. The van der Waals surface area contributed by atoms with Gasteiger partial charge in [-0.3, -0.25) is 0 Å². The molecule has 1 saturated heterocycles. The fraction of sp³-hybridized carbons (Fsp3) is 0.400. The van der Waals surface area contributed by atoms with Gasteiger partial charge in [-0.2, -0.15) is 0 Å². The fourth-order valence-electron chi connectivity index (χ4n) is 2.91. The molecule has 0 bridgehead atoms. The van der Waals surface area contributed by atoms with E-state index in [9.17, 15) is 4.39 Å². The van der Waals surface area contributed by atoms with Crippen molar-refractivity contribution in [1.82, 2.24) is 9.88 Å². The molecule has 1 aliphatic rings. The minimum absolute atomic E-state index is 0. The molecular formula is C20H27FIN5O. The predicted octanol–water partition coefficient (Wildman–Crippen LogP) is 3.26. The van der Waals surface area contributed by atoms with E-state index in [1.807, 2.05) is 24.3 Å². The van der Waals surface area contributed by atoms with Gasteiger partial charge in [0.25, 0.3) is 0 Å². The predicted molar refractivity (Wildman–Crippen MR) is 121 cm³/mol. The van der Waals surface area contributed by atoms with E-state index in [-0.39, 0.29) is 29.8 Å². The second-order valence-electron chi connectivity index (χ2n) is 6.48. The van der Waals surface area contributed by atoms with Gasteiger partial charge in [-0.05, 0) is 36.2 Å². The highest BCUT2D eigenvalue weighted by Crippen LogP contribution is 2.17. The molecule has 0 aliphatic carbocycles. The van der Waals surface area contributed by atoms with E-state index in [1.165, 1.54) is 12.1 Å². The second kappa shape index (κ2) is 11.0. The van der Waals surface area contributed by atoms with Gasteiger partial charge in [-0.1, -0.05) is 13.0 Å². The number of aliphatic imine (C=N–C) groups is 1. The van der Waals surface area contributed by atoms with Crippen LogP contribution in [0, 0.1) is 5.82 Å². The van der Waals surface area contributed by atoms with Crippen molar-refractivity contribution in [1.29, 1.82) is 0 Å². The Labute approximate surface area is 182 Å². The number of halogens is 2. The molecule has 152 valence electrons. The molecule has 0 amide bonds. The molecule has 28 heavy (non-hydrogen) atoms. The van der Waals surface area contributed by atoms with Crippen molar-refractivity contribution >= 4 is 35.6 Å². The number of pyridine rings is 1. The maximum absolute atomic E-state index is 13.1. The lowest BCUT2D eigenvalue weighted by molar-refractivity contribution is 0.305. The van der Waals surface area contributed by atoms with Gasteiger partial charge in [0.15, 0.2) is 5.96 Å². The Morgan fingerprint density at radius 3 is 2.46 bits per heavy atom. The van der Waals surface area contributed by atoms with Crippen LogP contribution in [0.3, 0.4) is 0 Å². The van der Waals surface area contributed by atoms with Crippen LogP contribution in [-0.4, -0.2) is 48.6 Å². The third kappa shape index (κ3) is 6.22. The van der Waals surface area contributed by atoms with Crippen LogP contribution < -0.4 is 15.4 Å². The molecule has 1 fully saturated rings. The van der Waals surface area contributed by atoms with E-state index in [0.717, 1.165) is 43.9 Å². The highest BCUT2D eigenvalue weighted by atomic mass is 127. The molecular weight excluding hydrogens is 472 g/mol. The molecule has 1 aliphatic heterocycles. The molecule has 0 radical (unpaired) electrons. The number of anilines is 1. The van der Waals surface area contributed by atoms with Crippen LogP contribution in [-0.2, 0) is 6.54 Å². The summed E-state index contributed by atoms with van der Waals surface area (Å²) in [4.78, 5) is 13.1. The maximum atomic E-state index is 13.1. The Morgan fingerprint density at radius 2 is 1.86 bits per heavy atom. The van der Waals surface area contributed by atoms with Crippen LogP contribution >= 0.6 is 24.0 Å². The first-order valence-corrected chi connectivity index (χ1v) is 9.29. The molecule has 8 heteroatoms. The zero-order valence-electron chi connectivity index (χ0n) is 16.1. The maximum Gasteiger partial charge on any atom is 0.213 e. The van der Waals surface area contributed by atoms with E-state index in [0.29, 0.717) is 25.0 Å². The summed E-state index contributed by atoms with van der Waals surface area (Å²) in [6, 6.07) is 10.4. The minimum atomic E-state index is -0.215. The number of piperazine rings is 1. The number of guanidine groups is 1. The molecule has 0 atom stereocenters. The van der Waals surface area contributed by atoms with Crippen LogP contribution in [0.15, 0.2) is 47.6 Å². The summed E-state index contributed by atoms with van der Waals surface area (Å²) >= 11 is 0. The molecule has 2 N–H and O–H groups in total. The number of benzene rings is 1. The number of aromatic nitrogens is 1. The number of ether oxygens (including phenoxy) is 1.